The Bertz CT molecular complexity index is 1130. The average Bonchev–Trinajstić information content (AvgIpc) is 3.33. The second-order valence-corrected chi connectivity index (χ2v) is 7.22. The molecule has 4 aromatic rings. The first-order chi connectivity index (χ1) is 13.7. The van der Waals surface area contributed by atoms with Gasteiger partial charge in [-0.1, -0.05) is 30.3 Å². The number of carbonyl (C=O) groups excluding carboxylic acids is 1. The molecule has 0 atom stereocenters. The van der Waals surface area contributed by atoms with Gasteiger partial charge in [0.05, 0.1) is 12.7 Å². The third kappa shape index (κ3) is 3.53. The molecule has 1 aliphatic carbocycles. The summed E-state index contributed by atoms with van der Waals surface area (Å²) in [5, 5.41) is 7.32. The van der Waals surface area contributed by atoms with Gasteiger partial charge in [0, 0.05) is 29.8 Å². The van der Waals surface area contributed by atoms with Crippen LogP contribution in [0.25, 0.3) is 11.1 Å². The lowest BCUT2D eigenvalue weighted by molar-refractivity contribution is 0.0951. The van der Waals surface area contributed by atoms with Crippen LogP contribution in [0.5, 0.6) is 0 Å². The minimum atomic E-state index is -0.137. The summed E-state index contributed by atoms with van der Waals surface area (Å²) in [5.74, 6) is 1.11. The van der Waals surface area contributed by atoms with E-state index in [0.717, 1.165) is 29.8 Å². The number of hydrogen-bond acceptors (Lipinski definition) is 4. The summed E-state index contributed by atoms with van der Waals surface area (Å²) in [7, 11) is 0. The maximum absolute atomic E-state index is 12.5. The molecule has 140 valence electrons. The van der Waals surface area contributed by atoms with Gasteiger partial charge < -0.3 is 9.73 Å². The van der Waals surface area contributed by atoms with Crippen molar-refractivity contribution in [1.82, 2.24) is 20.1 Å². The SMILES string of the molecule is O=C(NCc1cnn(Cc2ccccc2)c1)c1ccc2nc(C3CC3)oc2c1. The van der Waals surface area contributed by atoms with Crippen LogP contribution in [-0.4, -0.2) is 20.7 Å². The summed E-state index contributed by atoms with van der Waals surface area (Å²) in [6.45, 7) is 1.13. The topological polar surface area (TPSA) is 73.0 Å². The van der Waals surface area contributed by atoms with E-state index in [1.807, 2.05) is 35.1 Å². The Kier molecular flexibility index (Phi) is 4.16. The summed E-state index contributed by atoms with van der Waals surface area (Å²) in [4.78, 5) is 17.0. The number of amides is 1. The number of nitrogens with zero attached hydrogens (tertiary/aromatic N) is 3. The van der Waals surface area contributed by atoms with Crippen LogP contribution in [-0.2, 0) is 13.1 Å². The molecule has 2 aromatic carbocycles. The largest absolute Gasteiger partial charge is 0.440 e. The Morgan fingerprint density at radius 3 is 2.82 bits per heavy atom. The molecule has 1 aliphatic rings. The molecule has 0 unspecified atom stereocenters. The average molecular weight is 372 g/mol. The van der Waals surface area contributed by atoms with Gasteiger partial charge in [-0.05, 0) is 36.6 Å². The van der Waals surface area contributed by atoms with E-state index < -0.39 is 0 Å². The lowest BCUT2D eigenvalue weighted by Gasteiger charge is -2.03. The van der Waals surface area contributed by atoms with Gasteiger partial charge in [-0.25, -0.2) is 4.98 Å². The molecule has 2 aromatic heterocycles. The molecule has 1 N–H and O–H groups in total. The van der Waals surface area contributed by atoms with Gasteiger partial charge in [-0.2, -0.15) is 5.10 Å². The van der Waals surface area contributed by atoms with Gasteiger partial charge in [-0.3, -0.25) is 9.48 Å². The molecule has 5 rings (SSSR count). The molecule has 1 amide bonds. The van der Waals surface area contributed by atoms with E-state index in [1.54, 1.807) is 18.3 Å². The van der Waals surface area contributed by atoms with Crippen molar-refractivity contribution in [1.29, 1.82) is 0 Å². The summed E-state index contributed by atoms with van der Waals surface area (Å²) in [6.07, 6.45) is 6.01. The van der Waals surface area contributed by atoms with Gasteiger partial charge >= 0.3 is 0 Å². The van der Waals surface area contributed by atoms with Crippen LogP contribution in [0.4, 0.5) is 0 Å². The van der Waals surface area contributed by atoms with Gasteiger partial charge in [0.2, 0.25) is 0 Å². The van der Waals surface area contributed by atoms with Crippen molar-refractivity contribution >= 4 is 17.0 Å². The molecule has 6 nitrogen and oxygen atoms in total. The zero-order valence-electron chi connectivity index (χ0n) is 15.3. The van der Waals surface area contributed by atoms with Crippen molar-refractivity contribution in [2.75, 3.05) is 0 Å². The highest BCUT2D eigenvalue weighted by Crippen LogP contribution is 2.40. The Morgan fingerprint density at radius 1 is 1.14 bits per heavy atom. The summed E-state index contributed by atoms with van der Waals surface area (Å²) < 4.78 is 7.67. The van der Waals surface area contributed by atoms with Crippen molar-refractivity contribution in [3.05, 3.63) is 83.5 Å². The van der Waals surface area contributed by atoms with E-state index in [4.69, 9.17) is 4.42 Å². The van der Waals surface area contributed by atoms with Crippen molar-refractivity contribution in [2.24, 2.45) is 0 Å². The number of aromatic nitrogens is 3. The minimum Gasteiger partial charge on any atom is -0.440 e. The van der Waals surface area contributed by atoms with Crippen LogP contribution in [0.15, 0.2) is 65.3 Å². The molecule has 0 spiro atoms. The molecule has 6 heteroatoms. The van der Waals surface area contributed by atoms with Gasteiger partial charge in [0.1, 0.15) is 5.52 Å². The molecular formula is C22H20N4O2. The number of rotatable bonds is 6. The Hall–Kier alpha value is -3.41. The third-order valence-electron chi connectivity index (χ3n) is 4.92. The first-order valence-electron chi connectivity index (χ1n) is 9.48. The molecule has 0 saturated heterocycles. The van der Waals surface area contributed by atoms with Crippen LogP contribution in [0, 0.1) is 0 Å². The maximum Gasteiger partial charge on any atom is 0.251 e. The van der Waals surface area contributed by atoms with E-state index in [9.17, 15) is 4.79 Å². The zero-order valence-corrected chi connectivity index (χ0v) is 15.3. The standard InChI is InChI=1S/C22H20N4O2/c27-21(18-8-9-19-20(10-18)28-22(25-19)17-6-7-17)23-11-16-12-24-26(14-16)13-15-4-2-1-3-5-15/h1-5,8-10,12,14,17H,6-7,11,13H2,(H,23,27). The van der Waals surface area contributed by atoms with Crippen molar-refractivity contribution in [2.45, 2.75) is 31.8 Å². The third-order valence-corrected chi connectivity index (χ3v) is 4.92. The van der Waals surface area contributed by atoms with Gasteiger partial charge in [-0.15, -0.1) is 0 Å². The highest BCUT2D eigenvalue weighted by atomic mass is 16.3. The van der Waals surface area contributed by atoms with Crippen molar-refractivity contribution in [3.63, 3.8) is 0 Å². The second-order valence-electron chi connectivity index (χ2n) is 7.22. The van der Waals surface area contributed by atoms with Crippen LogP contribution >= 0.6 is 0 Å². The fourth-order valence-electron chi connectivity index (χ4n) is 3.23. The quantitative estimate of drug-likeness (QED) is 0.557. The highest BCUT2D eigenvalue weighted by molar-refractivity contribution is 5.97. The smallest absolute Gasteiger partial charge is 0.251 e. The van der Waals surface area contributed by atoms with Crippen molar-refractivity contribution in [3.8, 4) is 0 Å². The first kappa shape index (κ1) is 16.7. The highest BCUT2D eigenvalue weighted by Gasteiger charge is 2.29. The predicted octanol–water partition coefficient (Wildman–Crippen LogP) is 3.88. The normalized spacial score (nSPS) is 13.7. The lowest BCUT2D eigenvalue weighted by atomic mass is 10.2. The summed E-state index contributed by atoms with van der Waals surface area (Å²) in [5.41, 5.74) is 4.20. The van der Waals surface area contributed by atoms with Crippen LogP contribution in [0.2, 0.25) is 0 Å². The van der Waals surface area contributed by atoms with Crippen LogP contribution < -0.4 is 5.32 Å². The molecular weight excluding hydrogens is 352 g/mol. The summed E-state index contributed by atoms with van der Waals surface area (Å²) >= 11 is 0. The molecule has 2 heterocycles. The monoisotopic (exact) mass is 372 g/mol. The van der Waals surface area contributed by atoms with Crippen LogP contribution in [0.3, 0.4) is 0 Å². The predicted molar refractivity (Wildman–Crippen MR) is 105 cm³/mol. The zero-order chi connectivity index (χ0) is 18.9. The number of benzene rings is 2. The Labute approximate surface area is 162 Å². The number of fused-ring (bicyclic) bond motifs is 1. The van der Waals surface area contributed by atoms with E-state index in [-0.39, 0.29) is 5.91 Å². The maximum atomic E-state index is 12.5. The number of carbonyl (C=O) groups is 1. The van der Waals surface area contributed by atoms with E-state index in [2.05, 4.69) is 27.5 Å². The van der Waals surface area contributed by atoms with Gasteiger partial charge in [0.15, 0.2) is 11.5 Å². The van der Waals surface area contributed by atoms with Crippen molar-refractivity contribution < 1.29 is 9.21 Å². The molecule has 0 radical (unpaired) electrons. The number of oxazole rings is 1. The molecule has 28 heavy (non-hydrogen) atoms. The second kappa shape index (κ2) is 6.96. The molecule has 1 fully saturated rings. The number of hydrogen-bond donors (Lipinski definition) is 1. The van der Waals surface area contributed by atoms with Gasteiger partial charge in [0.25, 0.3) is 5.91 Å². The lowest BCUT2D eigenvalue weighted by Crippen LogP contribution is -2.22. The van der Waals surface area contributed by atoms with E-state index in [0.29, 0.717) is 30.2 Å². The van der Waals surface area contributed by atoms with E-state index in [1.165, 1.54) is 5.56 Å². The molecule has 0 aliphatic heterocycles. The minimum absolute atomic E-state index is 0.137. The molecule has 0 bridgehead atoms. The first-order valence-corrected chi connectivity index (χ1v) is 9.48. The van der Waals surface area contributed by atoms with E-state index >= 15 is 0 Å². The Morgan fingerprint density at radius 2 is 2.00 bits per heavy atom. The fraction of sp³-hybridized carbons (Fsp3) is 0.227. The van der Waals surface area contributed by atoms with Crippen LogP contribution in [0.1, 0.15) is 46.1 Å². The summed E-state index contributed by atoms with van der Waals surface area (Å²) in [6, 6.07) is 15.6. The molecule has 1 saturated carbocycles. The Balaban J connectivity index is 1.23. The number of nitrogens with one attached hydrogen (secondary N) is 1. The fourth-order valence-corrected chi connectivity index (χ4v) is 3.23.